The fourth-order valence-electron chi connectivity index (χ4n) is 3.62. The topological polar surface area (TPSA) is 78.6 Å². The van der Waals surface area contributed by atoms with Gasteiger partial charge >= 0.3 is 0 Å². The van der Waals surface area contributed by atoms with E-state index in [0.29, 0.717) is 28.8 Å². The molecule has 0 fully saturated rings. The Hall–Kier alpha value is -2.32. The summed E-state index contributed by atoms with van der Waals surface area (Å²) in [5, 5.41) is 18.5. The Labute approximate surface area is 177 Å². The second-order valence-corrected chi connectivity index (χ2v) is 7.24. The van der Waals surface area contributed by atoms with Gasteiger partial charge in [-0.1, -0.05) is 23.7 Å². The molecule has 1 aliphatic heterocycles. The molecule has 152 valence electrons. The molecular weight excluding hydrogens is 417 g/mol. The van der Waals surface area contributed by atoms with Gasteiger partial charge in [-0.3, -0.25) is 4.57 Å². The van der Waals surface area contributed by atoms with Crippen LogP contribution in [0, 0.1) is 0 Å². The smallest absolute Gasteiger partial charge is 0.229 e. The van der Waals surface area contributed by atoms with E-state index in [1.807, 2.05) is 30.3 Å². The summed E-state index contributed by atoms with van der Waals surface area (Å²) in [5.41, 5.74) is 2.27. The number of aliphatic hydroxyl groups is 1. The third-order valence-electron chi connectivity index (χ3n) is 4.86. The van der Waals surface area contributed by atoms with Gasteiger partial charge in [0.2, 0.25) is 5.28 Å². The van der Waals surface area contributed by atoms with E-state index in [4.69, 9.17) is 37.4 Å². The van der Waals surface area contributed by atoms with Crippen LogP contribution in [-0.2, 0) is 4.74 Å². The zero-order valence-electron chi connectivity index (χ0n) is 15.8. The monoisotopic (exact) mass is 435 g/mol. The van der Waals surface area contributed by atoms with Crippen molar-refractivity contribution >= 4 is 23.2 Å². The predicted molar refractivity (Wildman–Crippen MR) is 108 cm³/mol. The van der Waals surface area contributed by atoms with Crippen molar-refractivity contribution in [1.29, 1.82) is 0 Å². The molecule has 1 N–H and O–H groups in total. The maximum Gasteiger partial charge on any atom is 0.229 e. The van der Waals surface area contributed by atoms with Gasteiger partial charge in [0.15, 0.2) is 17.3 Å². The number of rotatable bonds is 5. The zero-order chi connectivity index (χ0) is 20.5. The van der Waals surface area contributed by atoms with Crippen LogP contribution >= 0.6 is 23.2 Å². The summed E-state index contributed by atoms with van der Waals surface area (Å²) < 4.78 is 19.3. The van der Waals surface area contributed by atoms with Crippen LogP contribution in [-0.4, -0.2) is 40.7 Å². The Morgan fingerprint density at radius 2 is 1.93 bits per heavy atom. The SMILES string of the molecule is COc1cccc(C2OC(CCO)c3nnc(Cl)n3-c3ccc(Cl)cc32)c1OC. The van der Waals surface area contributed by atoms with E-state index in [1.165, 1.54) is 0 Å². The van der Waals surface area contributed by atoms with Gasteiger partial charge in [0.05, 0.1) is 19.9 Å². The summed E-state index contributed by atoms with van der Waals surface area (Å²) in [6, 6.07) is 11.0. The number of hydrogen-bond acceptors (Lipinski definition) is 6. The van der Waals surface area contributed by atoms with Crippen molar-refractivity contribution in [3.05, 3.63) is 63.7 Å². The van der Waals surface area contributed by atoms with Crippen LogP contribution in [0.4, 0.5) is 0 Å². The lowest BCUT2D eigenvalue weighted by molar-refractivity contribution is -0.00983. The molecule has 0 saturated carbocycles. The van der Waals surface area contributed by atoms with Crippen molar-refractivity contribution in [3.8, 4) is 17.2 Å². The highest BCUT2D eigenvalue weighted by molar-refractivity contribution is 6.30. The molecule has 0 amide bonds. The van der Waals surface area contributed by atoms with Crippen LogP contribution in [0.15, 0.2) is 36.4 Å². The fraction of sp³-hybridized carbons (Fsp3) is 0.300. The number of aliphatic hydroxyl groups excluding tert-OH is 1. The Bertz CT molecular complexity index is 1040. The van der Waals surface area contributed by atoms with Gasteiger partial charge in [0.1, 0.15) is 12.2 Å². The Morgan fingerprint density at radius 3 is 2.66 bits per heavy atom. The molecule has 1 aliphatic rings. The highest BCUT2D eigenvalue weighted by Gasteiger charge is 2.35. The summed E-state index contributed by atoms with van der Waals surface area (Å²) in [6.45, 7) is -0.0891. The second kappa shape index (κ2) is 8.20. The zero-order valence-corrected chi connectivity index (χ0v) is 17.3. The van der Waals surface area contributed by atoms with E-state index >= 15 is 0 Å². The van der Waals surface area contributed by atoms with Crippen LogP contribution in [0.1, 0.15) is 35.6 Å². The number of para-hydroxylation sites is 1. The highest BCUT2D eigenvalue weighted by Crippen LogP contribution is 2.46. The lowest BCUT2D eigenvalue weighted by Crippen LogP contribution is -2.13. The summed E-state index contributed by atoms with van der Waals surface area (Å²) in [7, 11) is 3.16. The first-order chi connectivity index (χ1) is 14.1. The maximum absolute atomic E-state index is 9.61. The van der Waals surface area contributed by atoms with Gasteiger partial charge in [-0.05, 0) is 35.9 Å². The fourth-order valence-corrected chi connectivity index (χ4v) is 4.01. The first-order valence-electron chi connectivity index (χ1n) is 8.96. The summed E-state index contributed by atoms with van der Waals surface area (Å²) in [5.74, 6) is 1.65. The molecule has 0 bridgehead atoms. The van der Waals surface area contributed by atoms with Gasteiger partial charge in [0.25, 0.3) is 0 Å². The number of halogens is 2. The van der Waals surface area contributed by atoms with E-state index in [0.717, 1.165) is 16.8 Å². The number of nitrogens with zero attached hydrogens (tertiary/aromatic N) is 3. The molecule has 0 saturated heterocycles. The number of fused-ring (bicyclic) bond motifs is 3. The van der Waals surface area contributed by atoms with Crippen molar-refractivity contribution in [3.63, 3.8) is 0 Å². The lowest BCUT2D eigenvalue weighted by atomic mass is 9.98. The van der Waals surface area contributed by atoms with Crippen LogP contribution in [0.5, 0.6) is 11.5 Å². The summed E-state index contributed by atoms with van der Waals surface area (Å²) >= 11 is 12.7. The van der Waals surface area contributed by atoms with E-state index < -0.39 is 12.2 Å². The average molecular weight is 436 g/mol. The maximum atomic E-state index is 9.61. The molecule has 7 nitrogen and oxygen atoms in total. The number of aromatic nitrogens is 3. The average Bonchev–Trinajstić information content (AvgIpc) is 3.05. The molecule has 29 heavy (non-hydrogen) atoms. The van der Waals surface area contributed by atoms with E-state index in [9.17, 15) is 5.11 Å². The van der Waals surface area contributed by atoms with Gasteiger partial charge in [-0.15, -0.1) is 10.2 Å². The minimum Gasteiger partial charge on any atom is -0.493 e. The molecule has 0 aliphatic carbocycles. The molecule has 3 aromatic rings. The van der Waals surface area contributed by atoms with E-state index in [1.54, 1.807) is 24.9 Å². The number of methoxy groups -OCH3 is 2. The largest absolute Gasteiger partial charge is 0.493 e. The summed E-state index contributed by atoms with van der Waals surface area (Å²) in [4.78, 5) is 0. The number of ether oxygens (including phenoxy) is 3. The van der Waals surface area contributed by atoms with Crippen LogP contribution in [0.3, 0.4) is 0 Å². The Balaban J connectivity index is 1.98. The van der Waals surface area contributed by atoms with Crippen LogP contribution in [0.2, 0.25) is 10.3 Å². The molecule has 2 heterocycles. The van der Waals surface area contributed by atoms with Crippen molar-refractivity contribution in [1.82, 2.24) is 14.8 Å². The Kier molecular flexibility index (Phi) is 5.65. The first-order valence-corrected chi connectivity index (χ1v) is 9.72. The molecule has 2 atom stereocenters. The van der Waals surface area contributed by atoms with E-state index in [2.05, 4.69) is 10.2 Å². The highest BCUT2D eigenvalue weighted by atomic mass is 35.5. The summed E-state index contributed by atoms with van der Waals surface area (Å²) in [6.07, 6.45) is -0.797. The normalized spacial score (nSPS) is 18.0. The van der Waals surface area contributed by atoms with Crippen molar-refractivity contribution in [2.75, 3.05) is 20.8 Å². The molecule has 0 spiro atoms. The second-order valence-electron chi connectivity index (χ2n) is 6.47. The Morgan fingerprint density at radius 1 is 1.10 bits per heavy atom. The number of benzene rings is 2. The molecule has 0 radical (unpaired) electrons. The van der Waals surface area contributed by atoms with Crippen molar-refractivity contribution in [2.24, 2.45) is 0 Å². The first kappa shape index (κ1) is 20.0. The third kappa shape index (κ3) is 3.44. The van der Waals surface area contributed by atoms with Gasteiger partial charge in [0, 0.05) is 29.2 Å². The lowest BCUT2D eigenvalue weighted by Gasteiger charge is -2.24. The standard InChI is InChI=1S/C20H19Cl2N3O4/c1-27-15-5-3-4-12(18(15)28-2)17-13-10-11(21)6-7-14(13)25-19(23-24-20(25)22)16(29-17)8-9-26/h3-7,10,16-17,26H,8-9H2,1-2H3. The van der Waals surface area contributed by atoms with Crippen molar-refractivity contribution < 1.29 is 19.3 Å². The molecule has 1 aromatic heterocycles. The van der Waals surface area contributed by atoms with Gasteiger partial charge in [-0.2, -0.15) is 0 Å². The predicted octanol–water partition coefficient (Wildman–Crippen LogP) is 4.13. The number of hydrogen-bond donors (Lipinski definition) is 1. The molecule has 9 heteroatoms. The molecule has 2 aromatic carbocycles. The van der Waals surface area contributed by atoms with E-state index in [-0.39, 0.29) is 11.9 Å². The third-order valence-corrected chi connectivity index (χ3v) is 5.34. The minimum atomic E-state index is -0.567. The molecule has 4 rings (SSSR count). The van der Waals surface area contributed by atoms with Crippen LogP contribution in [0.25, 0.3) is 5.69 Å². The quantitative estimate of drug-likeness (QED) is 0.648. The van der Waals surface area contributed by atoms with Gasteiger partial charge in [-0.25, -0.2) is 0 Å². The minimum absolute atomic E-state index is 0.0891. The molecular formula is C20H19Cl2N3O4. The van der Waals surface area contributed by atoms with Crippen LogP contribution < -0.4 is 9.47 Å². The van der Waals surface area contributed by atoms with Gasteiger partial charge < -0.3 is 19.3 Å². The molecule has 2 unspecified atom stereocenters. The van der Waals surface area contributed by atoms with Crippen molar-refractivity contribution in [2.45, 2.75) is 18.6 Å².